The van der Waals surface area contributed by atoms with Crippen LogP contribution in [0.3, 0.4) is 0 Å². The van der Waals surface area contributed by atoms with Crippen molar-refractivity contribution in [3.63, 3.8) is 0 Å². The van der Waals surface area contributed by atoms with E-state index in [1.54, 1.807) is 0 Å². The molecule has 1 aromatic heterocycles. The van der Waals surface area contributed by atoms with Crippen molar-refractivity contribution in [1.29, 1.82) is 0 Å². The minimum absolute atomic E-state index is 1.27. The third kappa shape index (κ3) is 2.28. The first kappa shape index (κ1) is 14.9. The number of aromatic nitrogens is 1. The first-order valence-corrected chi connectivity index (χ1v) is 8.44. The molecule has 118 valence electrons. The summed E-state index contributed by atoms with van der Waals surface area (Å²) in [4.78, 5) is 0. The minimum Gasteiger partial charge on any atom is -0.198 e. The molecule has 1 heterocycles. The van der Waals surface area contributed by atoms with Crippen LogP contribution in [-0.4, -0.2) is 0 Å². The van der Waals surface area contributed by atoms with Crippen LogP contribution in [-0.2, 0) is 7.05 Å². The van der Waals surface area contributed by atoms with Gasteiger partial charge in [-0.15, -0.1) is 0 Å². The largest absolute Gasteiger partial charge is 0.220 e. The molecule has 0 aliphatic carbocycles. The monoisotopic (exact) mass is 312 g/mol. The van der Waals surface area contributed by atoms with Crippen LogP contribution in [0.1, 0.15) is 16.8 Å². The van der Waals surface area contributed by atoms with E-state index >= 15 is 0 Å². The highest BCUT2D eigenvalue weighted by atomic mass is 14.9. The van der Waals surface area contributed by atoms with E-state index in [4.69, 9.17) is 0 Å². The van der Waals surface area contributed by atoms with Crippen molar-refractivity contribution in [2.45, 2.75) is 20.8 Å². The molecule has 4 aromatic rings. The molecule has 0 saturated heterocycles. The zero-order chi connectivity index (χ0) is 16.8. The van der Waals surface area contributed by atoms with Crippen LogP contribution in [0.15, 0.2) is 60.7 Å². The lowest BCUT2D eigenvalue weighted by atomic mass is 9.95. The van der Waals surface area contributed by atoms with Gasteiger partial charge in [0.05, 0.1) is 10.9 Å². The average Bonchev–Trinajstić information content (AvgIpc) is 2.56. The Labute approximate surface area is 143 Å². The van der Waals surface area contributed by atoms with Crippen molar-refractivity contribution in [2.24, 2.45) is 7.05 Å². The standard InChI is InChI=1S/C23H22N/c1-15-9-10-20-13-17(3)24(4)23(22(20)11-15)21-14-19-8-6-5-7-18(19)12-16(21)2/h5-14H,1-4H3/q+1. The van der Waals surface area contributed by atoms with E-state index < -0.39 is 0 Å². The minimum atomic E-state index is 1.27. The Hall–Kier alpha value is -2.67. The van der Waals surface area contributed by atoms with Gasteiger partial charge in [-0.1, -0.05) is 48.0 Å². The Morgan fingerprint density at radius 3 is 2.17 bits per heavy atom. The highest BCUT2D eigenvalue weighted by Gasteiger charge is 2.20. The number of aryl methyl sites for hydroxylation is 3. The van der Waals surface area contributed by atoms with Gasteiger partial charge in [0.15, 0.2) is 5.69 Å². The molecule has 0 N–H and O–H groups in total. The summed E-state index contributed by atoms with van der Waals surface area (Å²) in [5.41, 5.74) is 6.50. The van der Waals surface area contributed by atoms with Crippen LogP contribution < -0.4 is 4.57 Å². The highest BCUT2D eigenvalue weighted by molar-refractivity contribution is 5.97. The van der Waals surface area contributed by atoms with E-state index in [9.17, 15) is 0 Å². The molecule has 4 rings (SSSR count). The first-order valence-electron chi connectivity index (χ1n) is 8.44. The van der Waals surface area contributed by atoms with Gasteiger partial charge < -0.3 is 0 Å². The molecular weight excluding hydrogens is 290 g/mol. The number of pyridine rings is 1. The summed E-state index contributed by atoms with van der Waals surface area (Å²) in [6, 6.07) is 22.2. The number of fused-ring (bicyclic) bond motifs is 2. The van der Waals surface area contributed by atoms with Gasteiger partial charge in [-0.25, -0.2) is 0 Å². The summed E-state index contributed by atoms with van der Waals surface area (Å²) < 4.78 is 2.32. The van der Waals surface area contributed by atoms with Gasteiger partial charge in [0.2, 0.25) is 5.69 Å². The zero-order valence-corrected chi connectivity index (χ0v) is 14.7. The van der Waals surface area contributed by atoms with Gasteiger partial charge in [-0.2, -0.15) is 4.57 Å². The van der Waals surface area contributed by atoms with E-state index in [0.717, 1.165) is 0 Å². The molecule has 0 amide bonds. The van der Waals surface area contributed by atoms with Gasteiger partial charge in [-0.3, -0.25) is 0 Å². The maximum absolute atomic E-state index is 2.33. The van der Waals surface area contributed by atoms with Crippen molar-refractivity contribution in [3.8, 4) is 11.3 Å². The Balaban J connectivity index is 2.14. The lowest BCUT2D eigenvalue weighted by molar-refractivity contribution is -0.665. The predicted molar refractivity (Wildman–Crippen MR) is 102 cm³/mol. The molecule has 0 saturated carbocycles. The van der Waals surface area contributed by atoms with Crippen LogP contribution in [0.25, 0.3) is 32.8 Å². The number of benzene rings is 3. The summed E-state index contributed by atoms with van der Waals surface area (Å²) in [6.45, 7) is 6.56. The molecule has 1 heteroatoms. The topological polar surface area (TPSA) is 3.88 Å². The van der Waals surface area contributed by atoms with Crippen molar-refractivity contribution >= 4 is 21.5 Å². The van der Waals surface area contributed by atoms with E-state index in [1.165, 1.54) is 49.6 Å². The van der Waals surface area contributed by atoms with Crippen molar-refractivity contribution in [2.75, 3.05) is 0 Å². The molecule has 0 fully saturated rings. The molecule has 0 atom stereocenters. The lowest BCUT2D eigenvalue weighted by Crippen LogP contribution is -2.35. The SMILES string of the molecule is Cc1ccc2cc(C)[n+](C)c(-c3cc4ccccc4cc3C)c2c1. The van der Waals surface area contributed by atoms with Crippen LogP contribution in [0.4, 0.5) is 0 Å². The smallest absolute Gasteiger partial charge is 0.198 e. The molecule has 24 heavy (non-hydrogen) atoms. The van der Waals surface area contributed by atoms with Crippen LogP contribution >= 0.6 is 0 Å². The Morgan fingerprint density at radius 2 is 1.42 bits per heavy atom. The van der Waals surface area contributed by atoms with Gasteiger partial charge in [-0.05, 0) is 47.7 Å². The van der Waals surface area contributed by atoms with Crippen molar-refractivity contribution < 1.29 is 4.57 Å². The number of hydrogen-bond acceptors (Lipinski definition) is 0. The number of hydrogen-bond donors (Lipinski definition) is 0. The zero-order valence-electron chi connectivity index (χ0n) is 14.7. The normalized spacial score (nSPS) is 11.3. The Kier molecular flexibility index (Phi) is 3.38. The predicted octanol–water partition coefficient (Wildman–Crippen LogP) is 5.41. The maximum atomic E-state index is 2.33. The fourth-order valence-corrected chi connectivity index (χ4v) is 3.61. The molecular formula is C23H22N+. The number of nitrogens with zero attached hydrogens (tertiary/aromatic N) is 1. The van der Waals surface area contributed by atoms with Crippen LogP contribution in [0, 0.1) is 20.8 Å². The van der Waals surface area contributed by atoms with Crippen molar-refractivity contribution in [1.82, 2.24) is 0 Å². The molecule has 1 nitrogen and oxygen atoms in total. The first-order chi connectivity index (χ1) is 11.5. The Bertz CT molecular complexity index is 1090. The summed E-state index contributed by atoms with van der Waals surface area (Å²) in [5, 5.41) is 5.22. The van der Waals surface area contributed by atoms with Crippen LogP contribution in [0.2, 0.25) is 0 Å². The molecule has 3 aromatic carbocycles. The van der Waals surface area contributed by atoms with E-state index in [2.05, 4.69) is 93.0 Å². The molecule has 0 unspecified atom stereocenters. The average molecular weight is 312 g/mol. The van der Waals surface area contributed by atoms with Gasteiger partial charge in [0, 0.05) is 13.0 Å². The summed E-state index contributed by atoms with van der Waals surface area (Å²) in [5.74, 6) is 0. The highest BCUT2D eigenvalue weighted by Crippen LogP contribution is 2.32. The van der Waals surface area contributed by atoms with E-state index in [-0.39, 0.29) is 0 Å². The molecule has 0 radical (unpaired) electrons. The molecule has 0 aliphatic rings. The van der Waals surface area contributed by atoms with Gasteiger partial charge >= 0.3 is 0 Å². The second kappa shape index (κ2) is 5.45. The van der Waals surface area contributed by atoms with E-state index in [1.807, 2.05) is 0 Å². The number of rotatable bonds is 1. The summed E-state index contributed by atoms with van der Waals surface area (Å²) >= 11 is 0. The third-order valence-electron chi connectivity index (χ3n) is 5.04. The maximum Gasteiger partial charge on any atom is 0.220 e. The fraction of sp³-hybridized carbons (Fsp3) is 0.174. The second-order valence-corrected chi connectivity index (χ2v) is 6.80. The van der Waals surface area contributed by atoms with E-state index in [0.29, 0.717) is 0 Å². The van der Waals surface area contributed by atoms with Crippen LogP contribution in [0.5, 0.6) is 0 Å². The molecule has 0 aliphatic heterocycles. The van der Waals surface area contributed by atoms with Gasteiger partial charge in [0.25, 0.3) is 0 Å². The fourth-order valence-electron chi connectivity index (χ4n) is 3.61. The second-order valence-electron chi connectivity index (χ2n) is 6.80. The third-order valence-corrected chi connectivity index (χ3v) is 5.04. The summed E-state index contributed by atoms with van der Waals surface area (Å²) in [6.07, 6.45) is 0. The quantitative estimate of drug-likeness (QED) is 0.414. The molecule has 0 bridgehead atoms. The van der Waals surface area contributed by atoms with Gasteiger partial charge in [0.1, 0.15) is 7.05 Å². The summed E-state index contributed by atoms with van der Waals surface area (Å²) in [7, 11) is 2.17. The van der Waals surface area contributed by atoms with Crippen molar-refractivity contribution in [3.05, 3.63) is 77.5 Å². The lowest BCUT2D eigenvalue weighted by Gasteiger charge is -2.12. The molecule has 0 spiro atoms. The Morgan fingerprint density at radius 1 is 0.708 bits per heavy atom.